The molecule has 5 N–H and O–H groups in total. The summed E-state index contributed by atoms with van der Waals surface area (Å²) in [6, 6.07) is 7.38. The quantitative estimate of drug-likeness (QED) is 0.263. The minimum Gasteiger partial charge on any atom is -0.391 e. The predicted octanol–water partition coefficient (Wildman–Crippen LogP) is 3.31. The molecule has 8 nitrogen and oxygen atoms in total. The summed E-state index contributed by atoms with van der Waals surface area (Å²) < 4.78 is 7.25. The van der Waals surface area contributed by atoms with Crippen molar-refractivity contribution < 1.29 is 19.4 Å². The van der Waals surface area contributed by atoms with E-state index in [4.69, 9.17) is 10.5 Å². The maximum atomic E-state index is 13.1. The summed E-state index contributed by atoms with van der Waals surface area (Å²) in [6.45, 7) is 10.4. The number of aliphatic hydroxyl groups is 1. The third-order valence-electron chi connectivity index (χ3n) is 6.98. The molecule has 0 aliphatic heterocycles. The van der Waals surface area contributed by atoms with Crippen LogP contribution in [0.25, 0.3) is 10.9 Å². The minimum absolute atomic E-state index is 0.0490. The molecule has 2 rings (SSSR count). The number of unbranched alkanes of at least 4 members (excludes halogenated alkanes) is 1. The highest BCUT2D eigenvalue weighted by atomic mass is 16.5. The Hall–Kier alpha value is -2.42. The first-order valence-electron chi connectivity index (χ1n) is 13.3. The lowest BCUT2D eigenvalue weighted by molar-refractivity contribution is -0.125. The zero-order chi connectivity index (χ0) is 26.7. The van der Waals surface area contributed by atoms with Gasteiger partial charge in [-0.3, -0.25) is 9.59 Å². The molecule has 0 radical (unpaired) electrons. The fourth-order valence-corrected chi connectivity index (χ4v) is 4.43. The zero-order valence-corrected chi connectivity index (χ0v) is 22.6. The number of aromatic nitrogens is 1. The summed E-state index contributed by atoms with van der Waals surface area (Å²) in [5.74, 6) is -0.127. The summed E-state index contributed by atoms with van der Waals surface area (Å²) >= 11 is 0. The molecule has 0 unspecified atom stereocenters. The molecule has 0 spiro atoms. The summed E-state index contributed by atoms with van der Waals surface area (Å²) in [6.07, 6.45) is 3.93. The Morgan fingerprint density at radius 1 is 1.14 bits per heavy atom. The van der Waals surface area contributed by atoms with Crippen LogP contribution >= 0.6 is 0 Å². The molecule has 0 bridgehead atoms. The molecule has 8 heteroatoms. The van der Waals surface area contributed by atoms with Crippen LogP contribution in [0.2, 0.25) is 0 Å². The summed E-state index contributed by atoms with van der Waals surface area (Å²) in [7, 11) is 1.66. The number of methoxy groups -OCH3 is 1. The fraction of sp³-hybridized carbons (Fsp3) is 0.643. The molecule has 0 aliphatic rings. The number of ether oxygens (including phenoxy) is 1. The average Bonchev–Trinajstić information content (AvgIpc) is 3.23. The molecule has 0 aliphatic carbocycles. The first-order chi connectivity index (χ1) is 17.2. The lowest BCUT2D eigenvalue weighted by Crippen LogP contribution is -2.42. The number of hydrogen-bond donors (Lipinski definition) is 4. The van der Waals surface area contributed by atoms with Gasteiger partial charge in [0.2, 0.25) is 5.91 Å². The number of aliphatic hydroxyl groups excluding tert-OH is 1. The number of nitrogens with one attached hydrogen (secondary N) is 2. The molecule has 0 fully saturated rings. The Morgan fingerprint density at radius 3 is 2.53 bits per heavy atom. The van der Waals surface area contributed by atoms with Gasteiger partial charge in [-0.15, -0.1) is 0 Å². The minimum atomic E-state index is -0.785. The Kier molecular flexibility index (Phi) is 12.4. The molecule has 4 atom stereocenters. The molecule has 202 valence electrons. The Morgan fingerprint density at radius 2 is 1.86 bits per heavy atom. The SMILES string of the molecule is CCCCNC(=O)[C@H](C)C[C@H](O)[C@@H](N)C[C@@H](CNC(=O)c1cn(CCOC)c2ccccc12)C(C)C. The third kappa shape index (κ3) is 8.61. The lowest BCUT2D eigenvalue weighted by atomic mass is 9.86. The number of rotatable bonds is 16. The van der Waals surface area contributed by atoms with Crippen molar-refractivity contribution in [1.29, 1.82) is 0 Å². The average molecular weight is 503 g/mol. The Labute approximate surface area is 216 Å². The first-order valence-corrected chi connectivity index (χ1v) is 13.3. The lowest BCUT2D eigenvalue weighted by Gasteiger charge is -2.28. The van der Waals surface area contributed by atoms with E-state index in [2.05, 4.69) is 31.4 Å². The Bertz CT molecular complexity index is 958. The largest absolute Gasteiger partial charge is 0.391 e. The summed E-state index contributed by atoms with van der Waals surface area (Å²) in [4.78, 5) is 25.4. The molecule has 0 saturated carbocycles. The van der Waals surface area contributed by atoms with Crippen LogP contribution < -0.4 is 16.4 Å². The van der Waals surface area contributed by atoms with Crippen LogP contribution in [-0.2, 0) is 16.1 Å². The number of benzene rings is 1. The number of para-hydroxylation sites is 1. The van der Waals surface area contributed by atoms with Gasteiger partial charge in [-0.25, -0.2) is 0 Å². The number of nitrogens with two attached hydrogens (primary N) is 1. The van der Waals surface area contributed by atoms with Gasteiger partial charge in [0.1, 0.15) is 0 Å². The van der Waals surface area contributed by atoms with Crippen molar-refractivity contribution in [3.63, 3.8) is 0 Å². The standard InChI is InChI=1S/C28H46N4O4/c1-6-7-12-30-27(34)20(4)15-26(33)24(29)16-21(19(2)3)17-31-28(35)23-18-32(13-14-36-5)25-11-9-8-10-22(23)25/h8-11,18-21,24,26,33H,6-7,12-17,29H2,1-5H3,(H,30,34)(H,31,35)/t20-,21+,24+,26+/m1/s1. The van der Waals surface area contributed by atoms with Gasteiger partial charge in [0, 0.05) is 55.8 Å². The molecule has 1 heterocycles. The molecule has 2 aromatic rings. The molecule has 0 saturated heterocycles. The van der Waals surface area contributed by atoms with Crippen LogP contribution in [0.4, 0.5) is 0 Å². The van der Waals surface area contributed by atoms with Crippen LogP contribution in [0.1, 0.15) is 63.7 Å². The zero-order valence-electron chi connectivity index (χ0n) is 22.6. The Balaban J connectivity index is 1.96. The highest BCUT2D eigenvalue weighted by Crippen LogP contribution is 2.23. The van der Waals surface area contributed by atoms with Crippen molar-refractivity contribution >= 4 is 22.7 Å². The van der Waals surface area contributed by atoms with Gasteiger partial charge >= 0.3 is 0 Å². The maximum Gasteiger partial charge on any atom is 0.253 e. The number of carbonyl (C=O) groups is 2. The number of carbonyl (C=O) groups excluding carboxylic acids is 2. The highest BCUT2D eigenvalue weighted by molar-refractivity contribution is 6.07. The molecule has 2 amide bonds. The van der Waals surface area contributed by atoms with Crippen molar-refractivity contribution in [2.45, 2.75) is 72.1 Å². The molecular formula is C28H46N4O4. The van der Waals surface area contributed by atoms with Gasteiger partial charge < -0.3 is 30.8 Å². The fourth-order valence-electron chi connectivity index (χ4n) is 4.43. The second kappa shape index (κ2) is 15.0. The van der Waals surface area contributed by atoms with Gasteiger partial charge in [0.25, 0.3) is 5.91 Å². The van der Waals surface area contributed by atoms with Gasteiger partial charge in [-0.2, -0.15) is 0 Å². The molecule has 1 aromatic heterocycles. The van der Waals surface area contributed by atoms with E-state index < -0.39 is 12.1 Å². The van der Waals surface area contributed by atoms with Crippen molar-refractivity contribution in [1.82, 2.24) is 15.2 Å². The van der Waals surface area contributed by atoms with Crippen LogP contribution in [-0.4, -0.2) is 60.4 Å². The summed E-state index contributed by atoms with van der Waals surface area (Å²) in [5, 5.41) is 17.6. The van der Waals surface area contributed by atoms with Crippen LogP contribution in [0.15, 0.2) is 30.5 Å². The van der Waals surface area contributed by atoms with E-state index in [0.717, 1.165) is 23.7 Å². The van der Waals surface area contributed by atoms with Crippen LogP contribution in [0, 0.1) is 17.8 Å². The molecule has 36 heavy (non-hydrogen) atoms. The maximum absolute atomic E-state index is 13.1. The van der Waals surface area contributed by atoms with E-state index >= 15 is 0 Å². The van der Waals surface area contributed by atoms with Gasteiger partial charge in [-0.1, -0.05) is 52.3 Å². The van der Waals surface area contributed by atoms with Crippen LogP contribution in [0.3, 0.4) is 0 Å². The van der Waals surface area contributed by atoms with E-state index in [0.29, 0.717) is 44.6 Å². The van der Waals surface area contributed by atoms with Crippen LogP contribution in [0.5, 0.6) is 0 Å². The monoisotopic (exact) mass is 502 g/mol. The second-order valence-electron chi connectivity index (χ2n) is 10.2. The van der Waals surface area contributed by atoms with E-state index in [9.17, 15) is 14.7 Å². The van der Waals surface area contributed by atoms with Crippen molar-refractivity contribution in [2.24, 2.45) is 23.5 Å². The second-order valence-corrected chi connectivity index (χ2v) is 10.2. The molecule has 1 aromatic carbocycles. The summed E-state index contributed by atoms with van der Waals surface area (Å²) in [5.41, 5.74) is 7.99. The van der Waals surface area contributed by atoms with Crippen molar-refractivity contribution in [3.05, 3.63) is 36.0 Å². The third-order valence-corrected chi connectivity index (χ3v) is 6.98. The van der Waals surface area contributed by atoms with E-state index in [-0.39, 0.29) is 29.6 Å². The van der Waals surface area contributed by atoms with E-state index in [1.165, 1.54) is 0 Å². The number of hydrogen-bond acceptors (Lipinski definition) is 5. The molecular weight excluding hydrogens is 456 g/mol. The topological polar surface area (TPSA) is 119 Å². The number of amides is 2. The first kappa shape index (κ1) is 29.8. The van der Waals surface area contributed by atoms with E-state index in [1.807, 2.05) is 42.0 Å². The number of fused-ring (bicyclic) bond motifs is 1. The van der Waals surface area contributed by atoms with Gasteiger partial charge in [0.05, 0.1) is 18.3 Å². The smallest absolute Gasteiger partial charge is 0.253 e. The van der Waals surface area contributed by atoms with Crippen molar-refractivity contribution in [2.75, 3.05) is 26.8 Å². The highest BCUT2D eigenvalue weighted by Gasteiger charge is 2.26. The van der Waals surface area contributed by atoms with Gasteiger partial charge in [0.15, 0.2) is 0 Å². The van der Waals surface area contributed by atoms with Gasteiger partial charge in [-0.05, 0) is 37.2 Å². The normalized spacial score (nSPS) is 15.0. The van der Waals surface area contributed by atoms with E-state index in [1.54, 1.807) is 7.11 Å². The number of nitrogens with zero attached hydrogens (tertiary/aromatic N) is 1. The van der Waals surface area contributed by atoms with Crippen molar-refractivity contribution in [3.8, 4) is 0 Å². The predicted molar refractivity (Wildman–Crippen MR) is 145 cm³/mol.